The van der Waals surface area contributed by atoms with Crippen LogP contribution in [0.5, 0.6) is 0 Å². The molecule has 0 N–H and O–H groups in total. The van der Waals surface area contributed by atoms with Crippen molar-refractivity contribution in [2.75, 3.05) is 31.1 Å². The van der Waals surface area contributed by atoms with E-state index in [1.807, 2.05) is 64.9 Å². The molecule has 4 aromatic rings. The monoisotopic (exact) mass is 418 g/mol. The van der Waals surface area contributed by atoms with Crippen LogP contribution >= 0.6 is 11.3 Å². The van der Waals surface area contributed by atoms with Crippen LogP contribution in [-0.2, 0) is 11.3 Å². The van der Waals surface area contributed by atoms with Gasteiger partial charge in [-0.05, 0) is 31.2 Å². The van der Waals surface area contributed by atoms with Crippen molar-refractivity contribution >= 4 is 44.2 Å². The molecule has 0 aliphatic carbocycles. The minimum Gasteiger partial charge on any atom is -0.345 e. The number of carbonyl (C=O) groups is 1. The lowest BCUT2D eigenvalue weighted by atomic mass is 10.1. The van der Waals surface area contributed by atoms with Gasteiger partial charge in [-0.1, -0.05) is 24.3 Å². The number of aromatic nitrogens is 2. The lowest BCUT2D eigenvalue weighted by Crippen LogP contribution is -2.49. The van der Waals surface area contributed by atoms with Gasteiger partial charge in [0.2, 0.25) is 5.91 Å². The first-order chi connectivity index (χ1) is 14.6. The first-order valence-electron chi connectivity index (χ1n) is 10.1. The summed E-state index contributed by atoms with van der Waals surface area (Å²) in [4.78, 5) is 34.8. The Morgan fingerprint density at radius 3 is 2.13 bits per heavy atom. The number of hydrogen-bond acceptors (Lipinski definition) is 5. The van der Waals surface area contributed by atoms with E-state index in [-0.39, 0.29) is 17.9 Å². The first kappa shape index (κ1) is 18.8. The fraction of sp³-hybridized carbons (Fsp3) is 0.261. The number of nitrogens with zero attached hydrogens (tertiary/aromatic N) is 4. The number of anilines is 1. The second-order valence-corrected chi connectivity index (χ2v) is 8.43. The maximum absolute atomic E-state index is 13.2. The number of rotatable bonds is 3. The standard InChI is InChI=1S/C23H22N4O2S/c1-16-15-30-23(24-16)26-12-10-25(11-13-26)21(28)14-27-19-8-4-2-6-17(19)22(29)18-7-3-5-9-20(18)27/h2-9,15H,10-14H2,1H3. The van der Waals surface area contributed by atoms with E-state index in [0.29, 0.717) is 23.9 Å². The van der Waals surface area contributed by atoms with Crippen LogP contribution < -0.4 is 10.3 Å². The molecule has 0 unspecified atom stereocenters. The van der Waals surface area contributed by atoms with Crippen LogP contribution in [-0.4, -0.2) is 46.5 Å². The smallest absolute Gasteiger partial charge is 0.242 e. The molecule has 0 radical (unpaired) electrons. The summed E-state index contributed by atoms with van der Waals surface area (Å²) in [6, 6.07) is 15.0. The molecule has 7 heteroatoms. The number of piperazine rings is 1. The van der Waals surface area contributed by atoms with E-state index < -0.39 is 0 Å². The van der Waals surface area contributed by atoms with Gasteiger partial charge >= 0.3 is 0 Å². The van der Waals surface area contributed by atoms with Gasteiger partial charge in [0.15, 0.2) is 10.6 Å². The van der Waals surface area contributed by atoms with Gasteiger partial charge in [0.25, 0.3) is 0 Å². The van der Waals surface area contributed by atoms with Crippen LogP contribution in [0, 0.1) is 6.92 Å². The molecular weight excluding hydrogens is 396 g/mol. The Morgan fingerprint density at radius 2 is 1.57 bits per heavy atom. The fourth-order valence-electron chi connectivity index (χ4n) is 4.12. The molecule has 2 aromatic heterocycles. The molecule has 5 rings (SSSR count). The van der Waals surface area contributed by atoms with Gasteiger partial charge in [-0.15, -0.1) is 11.3 Å². The number of carbonyl (C=O) groups excluding carboxylic acids is 1. The summed E-state index contributed by atoms with van der Waals surface area (Å²) in [5, 5.41) is 4.37. The number of hydrogen-bond donors (Lipinski definition) is 0. The maximum Gasteiger partial charge on any atom is 0.242 e. The zero-order valence-corrected chi connectivity index (χ0v) is 17.6. The Balaban J connectivity index is 1.42. The van der Waals surface area contributed by atoms with Gasteiger partial charge in [-0.3, -0.25) is 9.59 Å². The van der Waals surface area contributed by atoms with Crippen LogP contribution in [0.1, 0.15) is 5.69 Å². The number of thiazole rings is 1. The number of amides is 1. The lowest BCUT2D eigenvalue weighted by molar-refractivity contribution is -0.132. The second kappa shape index (κ2) is 7.57. The first-order valence-corrected chi connectivity index (χ1v) is 10.9. The molecule has 1 amide bonds. The summed E-state index contributed by atoms with van der Waals surface area (Å²) < 4.78 is 1.98. The average Bonchev–Trinajstić information content (AvgIpc) is 3.23. The second-order valence-electron chi connectivity index (χ2n) is 7.59. The van der Waals surface area contributed by atoms with Crippen LogP contribution in [0.25, 0.3) is 21.8 Å². The average molecular weight is 419 g/mol. The molecule has 0 bridgehead atoms. The van der Waals surface area contributed by atoms with Gasteiger partial charge in [0, 0.05) is 42.3 Å². The number of pyridine rings is 1. The van der Waals surface area contributed by atoms with Crippen molar-refractivity contribution in [1.82, 2.24) is 14.5 Å². The summed E-state index contributed by atoms with van der Waals surface area (Å²) in [6.45, 7) is 5.13. The molecule has 1 fully saturated rings. The summed E-state index contributed by atoms with van der Waals surface area (Å²) in [7, 11) is 0. The topological polar surface area (TPSA) is 58.4 Å². The number of fused-ring (bicyclic) bond motifs is 2. The fourth-order valence-corrected chi connectivity index (χ4v) is 4.97. The molecule has 2 aromatic carbocycles. The van der Waals surface area contributed by atoms with Crippen molar-refractivity contribution in [2.45, 2.75) is 13.5 Å². The van der Waals surface area contributed by atoms with Crippen LogP contribution in [0.4, 0.5) is 5.13 Å². The van der Waals surface area contributed by atoms with E-state index >= 15 is 0 Å². The van der Waals surface area contributed by atoms with Crippen LogP contribution in [0.15, 0.2) is 58.7 Å². The third kappa shape index (κ3) is 3.25. The zero-order valence-electron chi connectivity index (χ0n) is 16.7. The molecule has 30 heavy (non-hydrogen) atoms. The minimum atomic E-state index is 0.0113. The van der Waals surface area contributed by atoms with E-state index in [2.05, 4.69) is 15.3 Å². The van der Waals surface area contributed by atoms with E-state index in [1.165, 1.54) is 0 Å². The highest BCUT2D eigenvalue weighted by Gasteiger charge is 2.23. The molecule has 6 nitrogen and oxygen atoms in total. The molecule has 1 aliphatic rings. The van der Waals surface area contributed by atoms with Gasteiger partial charge in [-0.2, -0.15) is 0 Å². The summed E-state index contributed by atoms with van der Waals surface area (Å²) in [5.74, 6) is 0.0731. The van der Waals surface area contributed by atoms with Crippen LogP contribution in [0.2, 0.25) is 0 Å². The van der Waals surface area contributed by atoms with E-state index in [4.69, 9.17) is 0 Å². The summed E-state index contributed by atoms with van der Waals surface area (Å²) in [5.41, 5.74) is 2.64. The molecular formula is C23H22N4O2S. The third-order valence-corrected chi connectivity index (χ3v) is 6.70. The highest BCUT2D eigenvalue weighted by atomic mass is 32.1. The molecule has 3 heterocycles. The van der Waals surface area contributed by atoms with Crippen molar-refractivity contribution in [3.63, 3.8) is 0 Å². The zero-order chi connectivity index (χ0) is 20.7. The van der Waals surface area contributed by atoms with Crippen LogP contribution in [0.3, 0.4) is 0 Å². The van der Waals surface area contributed by atoms with E-state index in [9.17, 15) is 9.59 Å². The Kier molecular flexibility index (Phi) is 4.75. The Hall–Kier alpha value is -3.19. The van der Waals surface area contributed by atoms with E-state index in [1.54, 1.807) is 11.3 Å². The Morgan fingerprint density at radius 1 is 0.967 bits per heavy atom. The predicted molar refractivity (Wildman–Crippen MR) is 121 cm³/mol. The number of para-hydroxylation sites is 2. The Labute approximate surface area is 178 Å². The quantitative estimate of drug-likeness (QED) is 0.479. The molecule has 0 atom stereocenters. The van der Waals surface area contributed by atoms with Crippen molar-refractivity contribution in [3.8, 4) is 0 Å². The van der Waals surface area contributed by atoms with Gasteiger partial charge in [0.1, 0.15) is 6.54 Å². The molecule has 1 aliphatic heterocycles. The highest BCUT2D eigenvalue weighted by Crippen LogP contribution is 2.22. The van der Waals surface area contributed by atoms with Crippen molar-refractivity contribution in [1.29, 1.82) is 0 Å². The number of aryl methyl sites for hydroxylation is 1. The van der Waals surface area contributed by atoms with Crippen molar-refractivity contribution < 1.29 is 4.79 Å². The summed E-state index contributed by atoms with van der Waals surface area (Å²) in [6.07, 6.45) is 0. The molecule has 1 saturated heterocycles. The molecule has 0 spiro atoms. The molecule has 152 valence electrons. The lowest BCUT2D eigenvalue weighted by Gasteiger charge is -2.35. The van der Waals surface area contributed by atoms with Gasteiger partial charge in [-0.25, -0.2) is 4.98 Å². The highest BCUT2D eigenvalue weighted by molar-refractivity contribution is 7.13. The normalized spacial score (nSPS) is 14.6. The Bertz CT molecular complexity index is 1240. The largest absolute Gasteiger partial charge is 0.345 e. The maximum atomic E-state index is 13.2. The number of benzene rings is 2. The predicted octanol–water partition coefficient (Wildman–Crippen LogP) is 3.27. The van der Waals surface area contributed by atoms with Gasteiger partial charge < -0.3 is 14.4 Å². The minimum absolute atomic E-state index is 0.0113. The SMILES string of the molecule is Cc1csc(N2CCN(C(=O)Cn3c4ccccc4c(=O)c4ccccc43)CC2)n1. The van der Waals surface area contributed by atoms with Crippen molar-refractivity contribution in [2.24, 2.45) is 0 Å². The van der Waals surface area contributed by atoms with Crippen molar-refractivity contribution in [3.05, 3.63) is 69.8 Å². The van der Waals surface area contributed by atoms with E-state index in [0.717, 1.165) is 34.9 Å². The third-order valence-electron chi connectivity index (χ3n) is 5.68. The summed E-state index contributed by atoms with van der Waals surface area (Å²) >= 11 is 1.65. The molecule has 0 saturated carbocycles. The van der Waals surface area contributed by atoms with Gasteiger partial charge in [0.05, 0.1) is 16.7 Å².